The Morgan fingerprint density at radius 3 is 2.56 bits per heavy atom. The monoisotopic (exact) mass is 248 g/mol. The van der Waals surface area contributed by atoms with Crippen LogP contribution in [0, 0.1) is 11.3 Å². The molecule has 6 heteroatoms. The normalized spacial score (nSPS) is 20.6. The Hall–Kier alpha value is -1.59. The summed E-state index contributed by atoms with van der Waals surface area (Å²) in [6, 6.07) is 0. The van der Waals surface area contributed by atoms with Crippen LogP contribution in [0.2, 0.25) is 0 Å². The molecule has 0 aliphatic heterocycles. The Bertz CT molecular complexity index is 450. The first-order valence-corrected chi connectivity index (χ1v) is 6.52. The maximum Gasteiger partial charge on any atom is 0.231 e. The molecule has 18 heavy (non-hydrogen) atoms. The van der Waals surface area contributed by atoms with E-state index in [9.17, 15) is 0 Å². The molecule has 3 N–H and O–H groups in total. The molecule has 0 aromatic carbocycles. The maximum absolute atomic E-state index is 5.70. The molecule has 0 bridgehead atoms. The molecule has 2 aliphatic carbocycles. The van der Waals surface area contributed by atoms with E-state index in [-0.39, 0.29) is 5.95 Å². The van der Waals surface area contributed by atoms with E-state index < -0.39 is 0 Å². The molecule has 98 valence electrons. The molecule has 0 unspecified atom stereocenters. The molecule has 0 spiro atoms. The number of hydrogen-bond donors (Lipinski definition) is 2. The molecule has 1 aromatic rings. The second kappa shape index (κ2) is 3.96. The van der Waals surface area contributed by atoms with Gasteiger partial charge in [0.25, 0.3) is 0 Å². The van der Waals surface area contributed by atoms with Crippen molar-refractivity contribution in [2.24, 2.45) is 11.3 Å². The van der Waals surface area contributed by atoms with Crippen molar-refractivity contribution in [1.29, 1.82) is 0 Å². The van der Waals surface area contributed by atoms with Gasteiger partial charge in [-0.3, -0.25) is 0 Å². The van der Waals surface area contributed by atoms with E-state index in [1.165, 1.54) is 25.7 Å². The van der Waals surface area contributed by atoms with Crippen molar-refractivity contribution in [3.63, 3.8) is 0 Å². The Kier molecular flexibility index (Phi) is 2.53. The molecule has 1 heterocycles. The minimum atomic E-state index is 0.271. The van der Waals surface area contributed by atoms with Crippen LogP contribution in [0.1, 0.15) is 25.7 Å². The molecule has 0 radical (unpaired) electrons. The second-order valence-corrected chi connectivity index (χ2v) is 5.70. The molecular weight excluding hydrogens is 228 g/mol. The molecule has 6 nitrogen and oxygen atoms in total. The summed E-state index contributed by atoms with van der Waals surface area (Å²) in [6.45, 7) is 0.966. The van der Waals surface area contributed by atoms with E-state index in [4.69, 9.17) is 5.73 Å². The van der Waals surface area contributed by atoms with Gasteiger partial charge in [0.15, 0.2) is 0 Å². The standard InChI is InChI=1S/C12H20N6/c1-18(2)11-16-9(13)15-10(17-11)14-7-12(5-6-12)8-3-4-8/h8H,3-7H2,1-2H3,(H3,13,14,15,16,17). The zero-order valence-corrected chi connectivity index (χ0v) is 11.0. The number of aromatic nitrogens is 3. The van der Waals surface area contributed by atoms with Crippen LogP contribution in [-0.2, 0) is 0 Å². The van der Waals surface area contributed by atoms with Crippen LogP contribution in [-0.4, -0.2) is 35.6 Å². The van der Waals surface area contributed by atoms with E-state index >= 15 is 0 Å². The topological polar surface area (TPSA) is 80.0 Å². The number of anilines is 3. The van der Waals surface area contributed by atoms with Crippen LogP contribution in [0.25, 0.3) is 0 Å². The van der Waals surface area contributed by atoms with Crippen LogP contribution in [0.3, 0.4) is 0 Å². The molecule has 1 aromatic heterocycles. The number of rotatable bonds is 5. The van der Waals surface area contributed by atoms with E-state index in [0.29, 0.717) is 17.3 Å². The summed E-state index contributed by atoms with van der Waals surface area (Å²) >= 11 is 0. The Balaban J connectivity index is 1.68. The van der Waals surface area contributed by atoms with Crippen LogP contribution in [0.4, 0.5) is 17.8 Å². The predicted molar refractivity (Wildman–Crippen MR) is 71.4 cm³/mol. The third-order valence-electron chi connectivity index (χ3n) is 3.98. The molecule has 2 fully saturated rings. The highest BCUT2D eigenvalue weighted by molar-refractivity contribution is 5.41. The van der Waals surface area contributed by atoms with Gasteiger partial charge in [-0.05, 0) is 37.0 Å². The summed E-state index contributed by atoms with van der Waals surface area (Å²) in [6.07, 6.45) is 5.46. The van der Waals surface area contributed by atoms with Gasteiger partial charge in [0.1, 0.15) is 0 Å². The molecule has 3 rings (SSSR count). The molecule has 2 aliphatic rings. The van der Waals surface area contributed by atoms with Gasteiger partial charge in [0, 0.05) is 20.6 Å². The Morgan fingerprint density at radius 1 is 1.28 bits per heavy atom. The van der Waals surface area contributed by atoms with Crippen molar-refractivity contribution in [3.8, 4) is 0 Å². The van der Waals surface area contributed by atoms with Crippen LogP contribution < -0.4 is 16.0 Å². The van der Waals surface area contributed by atoms with Crippen molar-refractivity contribution < 1.29 is 0 Å². The number of nitrogen functional groups attached to an aromatic ring is 1. The quantitative estimate of drug-likeness (QED) is 0.813. The first-order chi connectivity index (χ1) is 8.59. The van der Waals surface area contributed by atoms with E-state index in [0.717, 1.165) is 12.5 Å². The highest BCUT2D eigenvalue weighted by Gasteiger charge is 2.53. The van der Waals surface area contributed by atoms with Gasteiger partial charge in [-0.1, -0.05) is 0 Å². The van der Waals surface area contributed by atoms with Gasteiger partial charge in [0.05, 0.1) is 0 Å². The minimum Gasteiger partial charge on any atom is -0.368 e. The first kappa shape index (κ1) is 11.5. The lowest BCUT2D eigenvalue weighted by atomic mass is 10.0. The first-order valence-electron chi connectivity index (χ1n) is 6.52. The second-order valence-electron chi connectivity index (χ2n) is 5.70. The fourth-order valence-electron chi connectivity index (χ4n) is 2.50. The van der Waals surface area contributed by atoms with Gasteiger partial charge in [0.2, 0.25) is 17.8 Å². The number of nitrogens with two attached hydrogens (primary N) is 1. The lowest BCUT2D eigenvalue weighted by Gasteiger charge is -2.16. The maximum atomic E-state index is 5.70. The summed E-state index contributed by atoms with van der Waals surface area (Å²) < 4.78 is 0. The minimum absolute atomic E-state index is 0.271. The van der Waals surface area contributed by atoms with Gasteiger partial charge in [-0.15, -0.1) is 0 Å². The summed E-state index contributed by atoms with van der Waals surface area (Å²) in [5, 5.41) is 3.34. The van der Waals surface area contributed by atoms with Crippen molar-refractivity contribution in [1.82, 2.24) is 15.0 Å². The average Bonchev–Trinajstić information content (AvgIpc) is 3.17. The average molecular weight is 248 g/mol. The lowest BCUT2D eigenvalue weighted by Crippen LogP contribution is -2.21. The van der Waals surface area contributed by atoms with Crippen LogP contribution in [0.5, 0.6) is 0 Å². The lowest BCUT2D eigenvalue weighted by molar-refractivity contribution is 0.465. The third kappa shape index (κ3) is 2.19. The molecular formula is C12H20N6. The molecule has 2 saturated carbocycles. The predicted octanol–water partition coefficient (Wildman–Crippen LogP) is 1.12. The summed E-state index contributed by atoms with van der Waals surface area (Å²) in [5.41, 5.74) is 6.22. The Labute approximate surface area is 107 Å². The molecule has 0 amide bonds. The van der Waals surface area contributed by atoms with E-state index in [2.05, 4.69) is 20.3 Å². The van der Waals surface area contributed by atoms with E-state index in [1.807, 2.05) is 19.0 Å². The smallest absolute Gasteiger partial charge is 0.231 e. The highest BCUT2D eigenvalue weighted by atomic mass is 15.3. The zero-order valence-electron chi connectivity index (χ0n) is 11.0. The zero-order chi connectivity index (χ0) is 12.8. The largest absolute Gasteiger partial charge is 0.368 e. The highest BCUT2D eigenvalue weighted by Crippen LogP contribution is 2.61. The van der Waals surface area contributed by atoms with E-state index in [1.54, 1.807) is 0 Å². The van der Waals surface area contributed by atoms with Crippen molar-refractivity contribution >= 4 is 17.8 Å². The van der Waals surface area contributed by atoms with Crippen molar-refractivity contribution in [3.05, 3.63) is 0 Å². The third-order valence-corrected chi connectivity index (χ3v) is 3.98. The van der Waals surface area contributed by atoms with Gasteiger partial charge in [-0.2, -0.15) is 15.0 Å². The van der Waals surface area contributed by atoms with Gasteiger partial charge < -0.3 is 16.0 Å². The summed E-state index contributed by atoms with van der Waals surface area (Å²) in [7, 11) is 3.79. The Morgan fingerprint density at radius 2 is 2.00 bits per heavy atom. The fourth-order valence-corrected chi connectivity index (χ4v) is 2.50. The summed E-state index contributed by atoms with van der Waals surface area (Å²) in [4.78, 5) is 14.4. The fraction of sp³-hybridized carbons (Fsp3) is 0.750. The van der Waals surface area contributed by atoms with Crippen molar-refractivity contribution in [2.75, 3.05) is 36.6 Å². The van der Waals surface area contributed by atoms with Crippen LogP contribution in [0.15, 0.2) is 0 Å². The molecule has 0 atom stereocenters. The van der Waals surface area contributed by atoms with Gasteiger partial charge in [-0.25, -0.2) is 0 Å². The van der Waals surface area contributed by atoms with Gasteiger partial charge >= 0.3 is 0 Å². The number of nitrogens with zero attached hydrogens (tertiary/aromatic N) is 4. The van der Waals surface area contributed by atoms with Crippen molar-refractivity contribution in [2.45, 2.75) is 25.7 Å². The molecule has 0 saturated heterocycles. The summed E-state index contributed by atoms with van der Waals surface area (Å²) in [5.74, 6) is 2.39. The van der Waals surface area contributed by atoms with Crippen LogP contribution >= 0.6 is 0 Å². The number of nitrogens with one attached hydrogen (secondary N) is 1. The SMILES string of the molecule is CN(C)c1nc(N)nc(NCC2(C3CC3)CC2)n1. The number of hydrogen-bond acceptors (Lipinski definition) is 6.